The van der Waals surface area contributed by atoms with E-state index in [1.165, 1.54) is 36.0 Å². The minimum atomic E-state index is -4.76. The molecule has 0 saturated heterocycles. The van der Waals surface area contributed by atoms with Crippen molar-refractivity contribution < 1.29 is 26.8 Å². The lowest BCUT2D eigenvalue weighted by molar-refractivity contribution is -0.137. The summed E-state index contributed by atoms with van der Waals surface area (Å²) >= 11 is 1.20. The summed E-state index contributed by atoms with van der Waals surface area (Å²) in [5, 5.41) is 9.97. The van der Waals surface area contributed by atoms with Gasteiger partial charge in [-0.1, -0.05) is 54.2 Å². The number of halogens is 4. The fourth-order valence-corrected chi connectivity index (χ4v) is 3.70. The van der Waals surface area contributed by atoms with Crippen molar-refractivity contribution in [3.63, 3.8) is 0 Å². The molecule has 1 heterocycles. The van der Waals surface area contributed by atoms with Crippen molar-refractivity contribution in [2.24, 2.45) is 0 Å². The lowest BCUT2D eigenvalue weighted by Gasteiger charge is -2.13. The summed E-state index contributed by atoms with van der Waals surface area (Å²) in [4.78, 5) is 12.3. The van der Waals surface area contributed by atoms with Crippen LogP contribution in [0.15, 0.2) is 82.4 Å². The minimum Gasteiger partial charge on any atom is -0.411 e. The van der Waals surface area contributed by atoms with E-state index >= 15 is 0 Å². The predicted octanol–water partition coefficient (Wildman–Crippen LogP) is 6.44. The highest BCUT2D eigenvalue weighted by Gasteiger charge is 2.35. The van der Waals surface area contributed by atoms with Crippen LogP contribution in [0.25, 0.3) is 11.5 Å². The molecule has 168 valence electrons. The van der Waals surface area contributed by atoms with E-state index in [9.17, 15) is 22.4 Å². The summed E-state index contributed by atoms with van der Waals surface area (Å²) in [5.74, 6) is -1.44. The lowest BCUT2D eigenvalue weighted by Crippen LogP contribution is -2.15. The first-order valence-electron chi connectivity index (χ1n) is 9.59. The van der Waals surface area contributed by atoms with Crippen LogP contribution in [-0.2, 0) is 11.9 Å². The van der Waals surface area contributed by atoms with E-state index in [4.69, 9.17) is 4.42 Å². The van der Waals surface area contributed by atoms with E-state index in [0.29, 0.717) is 5.75 Å². The average Bonchev–Trinajstić information content (AvgIpc) is 3.27. The van der Waals surface area contributed by atoms with Crippen molar-refractivity contribution in [1.29, 1.82) is 0 Å². The van der Waals surface area contributed by atoms with Gasteiger partial charge in [-0.2, -0.15) is 13.2 Å². The van der Waals surface area contributed by atoms with Crippen LogP contribution in [0, 0.1) is 5.82 Å². The third-order valence-corrected chi connectivity index (χ3v) is 5.43. The molecule has 4 aromatic rings. The van der Waals surface area contributed by atoms with Gasteiger partial charge in [-0.25, -0.2) is 4.39 Å². The van der Waals surface area contributed by atoms with Crippen LogP contribution in [0.5, 0.6) is 0 Å². The third kappa shape index (κ3) is 5.40. The van der Waals surface area contributed by atoms with Gasteiger partial charge in [0, 0.05) is 11.4 Å². The van der Waals surface area contributed by atoms with E-state index in [2.05, 4.69) is 15.5 Å². The Kier molecular flexibility index (Phi) is 6.45. The summed E-state index contributed by atoms with van der Waals surface area (Å²) in [5.41, 5.74) is -0.847. The van der Waals surface area contributed by atoms with Crippen LogP contribution >= 0.6 is 11.8 Å². The number of aromatic nitrogens is 2. The first kappa shape index (κ1) is 22.5. The second-order valence-corrected chi connectivity index (χ2v) is 7.77. The molecule has 0 unspecified atom stereocenters. The molecular formula is C23H15F4N3O2S. The Hall–Kier alpha value is -3.66. The quantitative estimate of drug-likeness (QED) is 0.258. The van der Waals surface area contributed by atoms with E-state index in [1.54, 1.807) is 0 Å². The number of nitrogens with one attached hydrogen (secondary N) is 1. The number of carbonyl (C=O) groups is 1. The maximum absolute atomic E-state index is 13.8. The number of benzene rings is 3. The van der Waals surface area contributed by atoms with E-state index in [-0.39, 0.29) is 27.9 Å². The number of thioether (sulfide) groups is 1. The molecule has 0 fully saturated rings. The van der Waals surface area contributed by atoms with Gasteiger partial charge in [-0.05, 0) is 35.9 Å². The smallest absolute Gasteiger partial charge is 0.411 e. The molecule has 0 aliphatic rings. The molecule has 1 N–H and O–H groups in total. The Morgan fingerprint density at radius 1 is 0.970 bits per heavy atom. The molecule has 0 radical (unpaired) electrons. The summed E-state index contributed by atoms with van der Waals surface area (Å²) < 4.78 is 60.5. The zero-order valence-electron chi connectivity index (χ0n) is 16.8. The van der Waals surface area contributed by atoms with E-state index in [1.807, 2.05) is 30.3 Å². The maximum atomic E-state index is 13.8. The number of alkyl halides is 3. The molecule has 0 bridgehead atoms. The van der Waals surface area contributed by atoms with Gasteiger partial charge in [0.05, 0.1) is 16.7 Å². The second-order valence-electron chi connectivity index (χ2n) is 6.84. The standard InChI is InChI=1S/C23H15F4N3O2S/c24-19-9-5-4-8-17(19)20(31)28-15-10-11-16(18(12-15)23(25,26)27)21-29-30-22(32-21)33-13-14-6-2-1-3-7-14/h1-12H,13H2,(H,28,31). The number of anilines is 1. The van der Waals surface area contributed by atoms with Crippen molar-refractivity contribution in [3.05, 3.63) is 95.3 Å². The Bertz CT molecular complexity index is 1280. The van der Waals surface area contributed by atoms with Gasteiger partial charge in [0.1, 0.15) is 5.82 Å². The van der Waals surface area contributed by atoms with E-state index < -0.39 is 23.5 Å². The predicted molar refractivity (Wildman–Crippen MR) is 115 cm³/mol. The van der Waals surface area contributed by atoms with Crippen molar-refractivity contribution in [2.75, 3.05) is 5.32 Å². The first-order chi connectivity index (χ1) is 15.8. The molecule has 5 nitrogen and oxygen atoms in total. The number of hydrogen-bond acceptors (Lipinski definition) is 5. The molecule has 10 heteroatoms. The van der Waals surface area contributed by atoms with E-state index in [0.717, 1.165) is 23.8 Å². The molecule has 0 aliphatic heterocycles. The zero-order chi connectivity index (χ0) is 23.4. The number of amides is 1. The van der Waals surface area contributed by atoms with Crippen LogP contribution in [-0.4, -0.2) is 16.1 Å². The molecule has 1 aromatic heterocycles. The third-order valence-electron chi connectivity index (χ3n) is 4.54. The highest BCUT2D eigenvalue weighted by molar-refractivity contribution is 7.98. The van der Waals surface area contributed by atoms with Gasteiger partial charge in [-0.15, -0.1) is 10.2 Å². The van der Waals surface area contributed by atoms with Gasteiger partial charge >= 0.3 is 6.18 Å². The first-order valence-corrected chi connectivity index (χ1v) is 10.6. The Morgan fingerprint density at radius 2 is 1.70 bits per heavy atom. The number of hydrogen-bond donors (Lipinski definition) is 1. The Labute approximate surface area is 189 Å². The van der Waals surface area contributed by atoms with Gasteiger partial charge in [-0.3, -0.25) is 4.79 Å². The van der Waals surface area contributed by atoms with Crippen molar-refractivity contribution in [1.82, 2.24) is 10.2 Å². The summed E-state index contributed by atoms with van der Waals surface area (Å²) in [6.45, 7) is 0. The van der Waals surface area contributed by atoms with Crippen LogP contribution < -0.4 is 5.32 Å². The minimum absolute atomic E-state index is 0.124. The monoisotopic (exact) mass is 473 g/mol. The molecule has 4 rings (SSSR count). The van der Waals surface area contributed by atoms with Crippen LogP contribution in [0.2, 0.25) is 0 Å². The van der Waals surface area contributed by atoms with Gasteiger partial charge in [0.15, 0.2) is 0 Å². The lowest BCUT2D eigenvalue weighted by atomic mass is 10.1. The molecule has 0 saturated carbocycles. The molecule has 0 aliphatic carbocycles. The summed E-state index contributed by atoms with van der Waals surface area (Å²) in [6, 6.07) is 17.7. The second kappa shape index (κ2) is 9.45. The van der Waals surface area contributed by atoms with Crippen molar-refractivity contribution in [2.45, 2.75) is 17.2 Å². The Balaban J connectivity index is 1.57. The zero-order valence-corrected chi connectivity index (χ0v) is 17.6. The van der Waals surface area contributed by atoms with Crippen LogP contribution in [0.4, 0.5) is 23.2 Å². The van der Waals surface area contributed by atoms with Crippen LogP contribution in [0.1, 0.15) is 21.5 Å². The number of nitrogens with zero attached hydrogens (tertiary/aromatic N) is 2. The van der Waals surface area contributed by atoms with Crippen LogP contribution in [0.3, 0.4) is 0 Å². The summed E-state index contributed by atoms with van der Waals surface area (Å²) in [6.07, 6.45) is -4.76. The normalized spacial score (nSPS) is 11.4. The highest BCUT2D eigenvalue weighted by atomic mass is 32.2. The molecule has 3 aromatic carbocycles. The molecule has 1 amide bonds. The molecule has 0 spiro atoms. The highest BCUT2D eigenvalue weighted by Crippen LogP contribution is 2.39. The Morgan fingerprint density at radius 3 is 2.42 bits per heavy atom. The number of rotatable bonds is 6. The molecular weight excluding hydrogens is 458 g/mol. The fraction of sp³-hybridized carbons (Fsp3) is 0.0870. The van der Waals surface area contributed by atoms with Gasteiger partial charge in [0.25, 0.3) is 11.1 Å². The van der Waals surface area contributed by atoms with Crippen molar-refractivity contribution in [3.8, 4) is 11.5 Å². The SMILES string of the molecule is O=C(Nc1ccc(-c2nnc(SCc3ccccc3)o2)c(C(F)(F)F)c1)c1ccccc1F. The largest absolute Gasteiger partial charge is 0.417 e. The average molecular weight is 473 g/mol. The molecule has 33 heavy (non-hydrogen) atoms. The van der Waals surface area contributed by atoms with Crippen molar-refractivity contribution >= 4 is 23.4 Å². The maximum Gasteiger partial charge on any atom is 0.417 e. The number of carbonyl (C=O) groups excluding carboxylic acids is 1. The molecule has 0 atom stereocenters. The van der Waals surface area contributed by atoms with Gasteiger partial charge in [0.2, 0.25) is 5.89 Å². The summed E-state index contributed by atoms with van der Waals surface area (Å²) in [7, 11) is 0. The fourth-order valence-electron chi connectivity index (χ4n) is 2.98. The van der Waals surface area contributed by atoms with Gasteiger partial charge < -0.3 is 9.73 Å². The topological polar surface area (TPSA) is 68.0 Å².